The van der Waals surface area contributed by atoms with Crippen LogP contribution in [0, 0.1) is 10.1 Å². The number of hydrogen-bond donors (Lipinski definition) is 2. The molecule has 0 spiro atoms. The van der Waals surface area contributed by atoms with Crippen LogP contribution >= 0.6 is 0 Å². The molecule has 0 bridgehead atoms. The summed E-state index contributed by atoms with van der Waals surface area (Å²) in [4.78, 5) is 24.4. The molecular weight excluding hydrogens is 272 g/mol. The fourth-order valence-electron chi connectivity index (χ4n) is 2.18. The maximum absolute atomic E-state index is 11.5. The molecule has 1 amide bonds. The third-order valence-electron chi connectivity index (χ3n) is 3.63. The number of nitrogens with zero attached hydrogens (tertiary/aromatic N) is 2. The van der Waals surface area contributed by atoms with Gasteiger partial charge in [-0.25, -0.2) is 0 Å². The van der Waals surface area contributed by atoms with Gasteiger partial charge in [-0.1, -0.05) is 0 Å². The highest BCUT2D eigenvalue weighted by atomic mass is 16.6. The van der Waals surface area contributed by atoms with Crippen molar-refractivity contribution in [1.29, 1.82) is 0 Å². The van der Waals surface area contributed by atoms with Crippen LogP contribution in [-0.2, 0) is 0 Å². The van der Waals surface area contributed by atoms with Gasteiger partial charge in [0.15, 0.2) is 0 Å². The molecule has 1 aliphatic rings. The number of nitrogens with one attached hydrogen (secondary N) is 2. The van der Waals surface area contributed by atoms with E-state index in [9.17, 15) is 14.9 Å². The highest BCUT2D eigenvalue weighted by Gasteiger charge is 2.25. The number of carbonyl (C=O) groups is 1. The Morgan fingerprint density at radius 2 is 2.19 bits per heavy atom. The molecule has 0 atom stereocenters. The normalized spacial score (nSPS) is 14.0. The zero-order valence-electron chi connectivity index (χ0n) is 12.3. The van der Waals surface area contributed by atoms with Crippen LogP contribution in [0.25, 0.3) is 0 Å². The minimum Gasteiger partial charge on any atom is -0.378 e. The van der Waals surface area contributed by atoms with Gasteiger partial charge in [0.2, 0.25) is 0 Å². The summed E-state index contributed by atoms with van der Waals surface area (Å²) >= 11 is 0. The van der Waals surface area contributed by atoms with Crippen LogP contribution in [0.2, 0.25) is 0 Å². The molecule has 2 N–H and O–H groups in total. The van der Waals surface area contributed by atoms with E-state index in [0.29, 0.717) is 18.3 Å². The van der Waals surface area contributed by atoms with E-state index in [0.717, 1.165) is 6.54 Å². The molecule has 0 aliphatic heterocycles. The van der Waals surface area contributed by atoms with Gasteiger partial charge >= 0.3 is 0 Å². The number of nitro groups is 1. The standard InChI is InChI=1S/C14H20N4O3/c1-15-14(19)10-3-6-12(13(9-10)18(20)21)16-7-8-17(2)11-4-5-11/h3,6,9,11,16H,4-5,7-8H2,1-2H3,(H,15,19). The average molecular weight is 292 g/mol. The minimum atomic E-state index is -0.473. The second kappa shape index (κ2) is 6.53. The molecule has 21 heavy (non-hydrogen) atoms. The molecule has 1 saturated carbocycles. The molecule has 1 aliphatic carbocycles. The van der Waals surface area contributed by atoms with Crippen molar-refractivity contribution in [2.24, 2.45) is 0 Å². The second-order valence-electron chi connectivity index (χ2n) is 5.21. The molecule has 2 rings (SSSR count). The Hall–Kier alpha value is -2.15. The molecule has 1 fully saturated rings. The molecule has 1 aromatic rings. The van der Waals surface area contributed by atoms with E-state index in [1.165, 1.54) is 26.0 Å². The molecule has 0 unspecified atom stereocenters. The third-order valence-corrected chi connectivity index (χ3v) is 3.63. The summed E-state index contributed by atoms with van der Waals surface area (Å²) in [6.07, 6.45) is 2.47. The maximum Gasteiger partial charge on any atom is 0.293 e. The van der Waals surface area contributed by atoms with Crippen molar-refractivity contribution in [2.45, 2.75) is 18.9 Å². The van der Waals surface area contributed by atoms with Crippen LogP contribution in [0.5, 0.6) is 0 Å². The number of nitro benzene ring substituents is 1. The van der Waals surface area contributed by atoms with Crippen molar-refractivity contribution < 1.29 is 9.72 Å². The summed E-state index contributed by atoms with van der Waals surface area (Å²) in [5, 5.41) is 16.7. The van der Waals surface area contributed by atoms with Crippen molar-refractivity contribution in [3.63, 3.8) is 0 Å². The van der Waals surface area contributed by atoms with Gasteiger partial charge in [-0.05, 0) is 32.0 Å². The van der Waals surface area contributed by atoms with Crippen LogP contribution < -0.4 is 10.6 Å². The topological polar surface area (TPSA) is 87.5 Å². The highest BCUT2D eigenvalue weighted by molar-refractivity contribution is 5.95. The number of anilines is 1. The minimum absolute atomic E-state index is 0.0785. The van der Waals surface area contributed by atoms with Crippen LogP contribution in [0.4, 0.5) is 11.4 Å². The number of rotatable bonds is 7. The van der Waals surface area contributed by atoms with Crippen LogP contribution in [0.15, 0.2) is 18.2 Å². The average Bonchev–Trinajstić information content (AvgIpc) is 3.31. The lowest BCUT2D eigenvalue weighted by Gasteiger charge is -2.16. The van der Waals surface area contributed by atoms with Crippen LogP contribution in [0.1, 0.15) is 23.2 Å². The highest BCUT2D eigenvalue weighted by Crippen LogP contribution is 2.27. The Labute approximate surface area is 123 Å². The van der Waals surface area contributed by atoms with Gasteiger partial charge < -0.3 is 15.5 Å². The molecule has 1 aromatic carbocycles. The summed E-state index contributed by atoms with van der Waals surface area (Å²) in [6.45, 7) is 1.46. The summed E-state index contributed by atoms with van der Waals surface area (Å²) in [5.41, 5.74) is 0.645. The number of likely N-dealkylation sites (N-methyl/N-ethyl adjacent to an activating group) is 1. The SMILES string of the molecule is CNC(=O)c1ccc(NCCN(C)C2CC2)c([N+](=O)[O-])c1. The second-order valence-corrected chi connectivity index (χ2v) is 5.21. The first-order valence-electron chi connectivity index (χ1n) is 6.97. The molecule has 0 saturated heterocycles. The molecule has 0 aromatic heterocycles. The van der Waals surface area contributed by atoms with Gasteiger partial charge in [0.1, 0.15) is 5.69 Å². The van der Waals surface area contributed by atoms with Gasteiger partial charge in [0.05, 0.1) is 4.92 Å². The zero-order chi connectivity index (χ0) is 15.4. The Balaban J connectivity index is 2.03. The first-order valence-corrected chi connectivity index (χ1v) is 6.97. The van der Waals surface area contributed by atoms with Gasteiger partial charge in [-0.15, -0.1) is 0 Å². The number of benzene rings is 1. The number of amides is 1. The lowest BCUT2D eigenvalue weighted by molar-refractivity contribution is -0.384. The summed E-state index contributed by atoms with van der Waals surface area (Å²) < 4.78 is 0. The smallest absolute Gasteiger partial charge is 0.293 e. The molecule has 7 nitrogen and oxygen atoms in total. The van der Waals surface area contributed by atoms with E-state index in [2.05, 4.69) is 22.6 Å². The lowest BCUT2D eigenvalue weighted by atomic mass is 10.1. The predicted molar refractivity (Wildman–Crippen MR) is 80.6 cm³/mol. The van der Waals surface area contributed by atoms with E-state index in [-0.39, 0.29) is 17.2 Å². The van der Waals surface area contributed by atoms with Crippen molar-refractivity contribution >= 4 is 17.3 Å². The first kappa shape index (κ1) is 15.2. The third kappa shape index (κ3) is 3.91. The molecule has 0 radical (unpaired) electrons. The first-order chi connectivity index (χ1) is 10.0. The Bertz CT molecular complexity index is 543. The summed E-state index contributed by atoms with van der Waals surface area (Å²) in [7, 11) is 3.55. The largest absolute Gasteiger partial charge is 0.378 e. The Morgan fingerprint density at radius 1 is 1.48 bits per heavy atom. The van der Waals surface area contributed by atoms with Crippen LogP contribution in [-0.4, -0.2) is 49.0 Å². The molecule has 0 heterocycles. The van der Waals surface area contributed by atoms with E-state index < -0.39 is 4.92 Å². The van der Waals surface area contributed by atoms with E-state index >= 15 is 0 Å². The van der Waals surface area contributed by atoms with Gasteiger partial charge in [0, 0.05) is 37.8 Å². The monoisotopic (exact) mass is 292 g/mol. The number of carbonyl (C=O) groups excluding carboxylic acids is 1. The van der Waals surface area contributed by atoms with E-state index in [1.807, 2.05) is 0 Å². The van der Waals surface area contributed by atoms with Gasteiger partial charge in [-0.2, -0.15) is 0 Å². The summed E-state index contributed by atoms with van der Waals surface area (Å²) in [6, 6.07) is 5.13. The molecule has 114 valence electrons. The van der Waals surface area contributed by atoms with Crippen molar-refractivity contribution in [3.05, 3.63) is 33.9 Å². The maximum atomic E-state index is 11.5. The predicted octanol–water partition coefficient (Wildman–Crippen LogP) is 1.46. The van der Waals surface area contributed by atoms with Crippen molar-refractivity contribution in [3.8, 4) is 0 Å². The van der Waals surface area contributed by atoms with E-state index in [4.69, 9.17) is 0 Å². The van der Waals surface area contributed by atoms with Crippen LogP contribution in [0.3, 0.4) is 0 Å². The Morgan fingerprint density at radius 3 is 2.76 bits per heavy atom. The molecule has 7 heteroatoms. The zero-order valence-corrected chi connectivity index (χ0v) is 12.3. The Kier molecular flexibility index (Phi) is 4.74. The quantitative estimate of drug-likeness (QED) is 0.587. The summed E-state index contributed by atoms with van der Waals surface area (Å²) in [5.74, 6) is -0.335. The fourth-order valence-corrected chi connectivity index (χ4v) is 2.18. The van der Waals surface area contributed by atoms with Gasteiger partial charge in [-0.3, -0.25) is 14.9 Å². The van der Waals surface area contributed by atoms with Gasteiger partial charge in [0.25, 0.3) is 11.6 Å². The van der Waals surface area contributed by atoms with Crippen molar-refractivity contribution in [2.75, 3.05) is 32.5 Å². The molecular formula is C14H20N4O3. The number of hydrogen-bond acceptors (Lipinski definition) is 5. The lowest BCUT2D eigenvalue weighted by Crippen LogP contribution is -2.27. The van der Waals surface area contributed by atoms with Crippen molar-refractivity contribution in [1.82, 2.24) is 10.2 Å². The fraction of sp³-hybridized carbons (Fsp3) is 0.500. The van der Waals surface area contributed by atoms with E-state index in [1.54, 1.807) is 12.1 Å².